The van der Waals surface area contributed by atoms with Gasteiger partial charge in [0, 0.05) is 30.2 Å². The highest BCUT2D eigenvalue weighted by Crippen LogP contribution is 2.45. The Labute approximate surface area is 132 Å². The minimum Gasteiger partial charge on any atom is -0.375 e. The van der Waals surface area contributed by atoms with Crippen molar-refractivity contribution in [3.63, 3.8) is 0 Å². The molecule has 0 spiro atoms. The molecule has 20 heavy (non-hydrogen) atoms. The van der Waals surface area contributed by atoms with Crippen molar-refractivity contribution < 1.29 is 14.2 Å². The third-order valence-electron chi connectivity index (χ3n) is 2.98. The van der Waals surface area contributed by atoms with E-state index in [4.69, 9.17) is 9.26 Å². The third-order valence-corrected chi connectivity index (χ3v) is 7.17. The van der Waals surface area contributed by atoms with E-state index in [1.807, 2.05) is 15.5 Å². The number of rotatable bonds is 8. The molecule has 0 saturated carbocycles. The molecule has 120 valence electrons. The molecule has 0 aromatic carbocycles. The van der Waals surface area contributed by atoms with Crippen LogP contribution in [0.15, 0.2) is 0 Å². The van der Waals surface area contributed by atoms with Crippen LogP contribution in [0.1, 0.15) is 41.0 Å². The fourth-order valence-corrected chi connectivity index (χ4v) is 6.02. The molecule has 0 aromatic rings. The van der Waals surface area contributed by atoms with Crippen LogP contribution in [0.4, 0.5) is 0 Å². The summed E-state index contributed by atoms with van der Waals surface area (Å²) >= 11 is 0. The SMILES string of the molecule is CCCO[C@@H]1CSSC[C@@H]1OP(O)N(C(C)C)C(C)C. The zero-order valence-corrected chi connectivity index (χ0v) is 15.6. The van der Waals surface area contributed by atoms with Crippen molar-refractivity contribution in [3.8, 4) is 0 Å². The van der Waals surface area contributed by atoms with E-state index in [0.717, 1.165) is 24.5 Å². The lowest BCUT2D eigenvalue weighted by atomic mass is 10.2. The largest absolute Gasteiger partial charge is 0.375 e. The van der Waals surface area contributed by atoms with E-state index in [2.05, 4.69) is 34.6 Å². The Hall–Kier alpha value is 0.970. The average Bonchev–Trinajstić information content (AvgIpc) is 2.36. The van der Waals surface area contributed by atoms with Crippen LogP contribution >= 0.6 is 30.1 Å². The van der Waals surface area contributed by atoms with Gasteiger partial charge in [0.25, 0.3) is 8.53 Å². The van der Waals surface area contributed by atoms with Crippen LogP contribution in [-0.2, 0) is 9.26 Å². The zero-order chi connectivity index (χ0) is 15.1. The summed E-state index contributed by atoms with van der Waals surface area (Å²) in [5.41, 5.74) is 0. The first-order valence-corrected chi connectivity index (χ1v) is 10.9. The van der Waals surface area contributed by atoms with Gasteiger partial charge < -0.3 is 14.2 Å². The molecule has 0 aromatic heterocycles. The van der Waals surface area contributed by atoms with Gasteiger partial charge in [-0.3, -0.25) is 0 Å². The number of nitrogens with zero attached hydrogens (tertiary/aromatic N) is 1. The van der Waals surface area contributed by atoms with Crippen molar-refractivity contribution in [2.45, 2.75) is 65.3 Å². The Morgan fingerprint density at radius 2 is 1.70 bits per heavy atom. The molecule has 0 aliphatic carbocycles. The maximum atomic E-state index is 10.4. The lowest BCUT2D eigenvalue weighted by molar-refractivity contribution is -0.00663. The van der Waals surface area contributed by atoms with E-state index >= 15 is 0 Å². The molecule has 1 heterocycles. The molecule has 3 atom stereocenters. The van der Waals surface area contributed by atoms with Crippen molar-refractivity contribution in [1.29, 1.82) is 0 Å². The predicted molar refractivity (Wildman–Crippen MR) is 91.1 cm³/mol. The summed E-state index contributed by atoms with van der Waals surface area (Å²) in [5.74, 6) is 1.81. The Kier molecular flexibility index (Phi) is 9.39. The van der Waals surface area contributed by atoms with Gasteiger partial charge in [-0.1, -0.05) is 28.5 Å². The minimum absolute atomic E-state index is 0.0103. The second-order valence-corrected chi connectivity index (χ2v) is 9.17. The maximum absolute atomic E-state index is 10.4. The van der Waals surface area contributed by atoms with Crippen molar-refractivity contribution >= 4 is 30.1 Å². The molecule has 4 nitrogen and oxygen atoms in total. The van der Waals surface area contributed by atoms with Gasteiger partial charge in [0.1, 0.15) is 6.10 Å². The standard InChI is InChI=1S/C13H28NO3PS2/c1-6-7-16-12-8-19-20-9-13(12)17-18(15)14(10(2)3)11(4)5/h10-13,15H,6-9H2,1-5H3/t12-,13+,18?/m1/s1. The van der Waals surface area contributed by atoms with Gasteiger partial charge >= 0.3 is 0 Å². The van der Waals surface area contributed by atoms with Gasteiger partial charge in [-0.2, -0.15) is 0 Å². The molecule has 1 N–H and O–H groups in total. The fraction of sp³-hybridized carbons (Fsp3) is 1.00. The van der Waals surface area contributed by atoms with E-state index in [1.165, 1.54) is 0 Å². The van der Waals surface area contributed by atoms with Gasteiger partial charge in [-0.15, -0.1) is 0 Å². The molecule has 1 fully saturated rings. The summed E-state index contributed by atoms with van der Waals surface area (Å²) in [6, 6.07) is 0.540. The Bertz CT molecular complexity index is 264. The number of hydrogen-bond donors (Lipinski definition) is 1. The number of ether oxygens (including phenoxy) is 1. The second kappa shape index (κ2) is 9.88. The molecule has 7 heteroatoms. The topological polar surface area (TPSA) is 41.9 Å². The lowest BCUT2D eigenvalue weighted by Gasteiger charge is -2.37. The monoisotopic (exact) mass is 341 g/mol. The highest BCUT2D eigenvalue weighted by molar-refractivity contribution is 8.76. The van der Waals surface area contributed by atoms with E-state index in [9.17, 15) is 4.89 Å². The van der Waals surface area contributed by atoms with Crippen LogP contribution in [0.5, 0.6) is 0 Å². The molecule has 1 unspecified atom stereocenters. The summed E-state index contributed by atoms with van der Waals surface area (Å²) in [4.78, 5) is 10.4. The summed E-state index contributed by atoms with van der Waals surface area (Å²) in [5, 5.41) is 0. The first kappa shape index (κ1) is 19.0. The van der Waals surface area contributed by atoms with Gasteiger partial charge in [-0.05, 0) is 34.1 Å². The number of hydrogen-bond acceptors (Lipinski definition) is 6. The Morgan fingerprint density at radius 3 is 2.20 bits per heavy atom. The van der Waals surface area contributed by atoms with E-state index in [0.29, 0.717) is 0 Å². The predicted octanol–water partition coefficient (Wildman–Crippen LogP) is 3.90. The normalized spacial score (nSPS) is 25.6. The fourth-order valence-electron chi connectivity index (χ4n) is 2.13. The highest BCUT2D eigenvalue weighted by atomic mass is 33.1. The van der Waals surface area contributed by atoms with E-state index < -0.39 is 8.53 Å². The molecule has 0 bridgehead atoms. The third kappa shape index (κ3) is 5.99. The maximum Gasteiger partial charge on any atom is 0.256 e. The van der Waals surface area contributed by atoms with Gasteiger partial charge in [-0.25, -0.2) is 4.67 Å². The summed E-state index contributed by atoms with van der Waals surface area (Å²) in [6.07, 6.45) is 1.10. The van der Waals surface area contributed by atoms with Crippen LogP contribution in [0.25, 0.3) is 0 Å². The molecule has 1 rings (SSSR count). The Balaban J connectivity index is 2.58. The zero-order valence-electron chi connectivity index (χ0n) is 13.1. The van der Waals surface area contributed by atoms with Gasteiger partial charge in [0.2, 0.25) is 0 Å². The van der Waals surface area contributed by atoms with Gasteiger partial charge in [0.15, 0.2) is 0 Å². The quantitative estimate of drug-likeness (QED) is 0.533. The molecule has 0 amide bonds. The van der Waals surface area contributed by atoms with E-state index in [1.54, 1.807) is 10.8 Å². The van der Waals surface area contributed by atoms with Crippen molar-refractivity contribution in [2.75, 3.05) is 18.1 Å². The first-order valence-electron chi connectivity index (χ1n) is 7.27. The molecule has 1 aliphatic heterocycles. The lowest BCUT2D eigenvalue weighted by Crippen LogP contribution is -2.40. The molecular weight excluding hydrogens is 313 g/mol. The van der Waals surface area contributed by atoms with Crippen molar-refractivity contribution in [2.24, 2.45) is 0 Å². The van der Waals surface area contributed by atoms with Gasteiger partial charge in [0.05, 0.1) is 6.10 Å². The summed E-state index contributed by atoms with van der Waals surface area (Å²) < 4.78 is 13.9. The van der Waals surface area contributed by atoms with Crippen LogP contribution in [-0.4, -0.2) is 52.0 Å². The summed E-state index contributed by atoms with van der Waals surface area (Å²) in [6.45, 7) is 11.2. The van der Waals surface area contributed by atoms with Crippen molar-refractivity contribution in [3.05, 3.63) is 0 Å². The first-order chi connectivity index (χ1) is 9.47. The smallest absolute Gasteiger partial charge is 0.256 e. The van der Waals surface area contributed by atoms with Crippen molar-refractivity contribution in [1.82, 2.24) is 4.67 Å². The van der Waals surface area contributed by atoms with Crippen LogP contribution in [0.2, 0.25) is 0 Å². The van der Waals surface area contributed by atoms with Crippen LogP contribution in [0.3, 0.4) is 0 Å². The molecular formula is C13H28NO3PS2. The van der Waals surface area contributed by atoms with Crippen LogP contribution in [0, 0.1) is 0 Å². The van der Waals surface area contributed by atoms with Crippen LogP contribution < -0.4 is 0 Å². The highest BCUT2D eigenvalue weighted by Gasteiger charge is 2.33. The Morgan fingerprint density at radius 1 is 1.15 bits per heavy atom. The van der Waals surface area contributed by atoms with E-state index in [-0.39, 0.29) is 24.3 Å². The second-order valence-electron chi connectivity index (χ2n) is 5.44. The molecule has 0 radical (unpaired) electrons. The summed E-state index contributed by atoms with van der Waals surface area (Å²) in [7, 11) is 2.08. The average molecular weight is 341 g/mol. The minimum atomic E-state index is -1.56. The molecule has 1 saturated heterocycles. The molecule has 1 aliphatic rings.